The second kappa shape index (κ2) is 12.4. The van der Waals surface area contributed by atoms with E-state index in [1.165, 1.54) is 30.3 Å². The number of amides is 2. The number of benzene rings is 3. The molecule has 0 saturated carbocycles. The lowest BCUT2D eigenvalue weighted by Crippen LogP contribution is -2.21. The summed E-state index contributed by atoms with van der Waals surface area (Å²) in [5.41, 5.74) is -1.02. The van der Waals surface area contributed by atoms with Crippen LogP contribution in [0.15, 0.2) is 71.6 Å². The first-order valence-electron chi connectivity index (χ1n) is 10.8. The van der Waals surface area contributed by atoms with Gasteiger partial charge < -0.3 is 15.2 Å². The van der Waals surface area contributed by atoms with Gasteiger partial charge in [-0.2, -0.15) is 13.2 Å². The van der Waals surface area contributed by atoms with Crippen LogP contribution >= 0.6 is 11.8 Å². The highest BCUT2D eigenvalue weighted by molar-refractivity contribution is 8.00. The minimum Gasteiger partial charge on any atom is -0.480 e. The van der Waals surface area contributed by atoms with Crippen LogP contribution in [-0.2, 0) is 15.7 Å². The van der Waals surface area contributed by atoms with Crippen molar-refractivity contribution in [1.82, 2.24) is 0 Å². The average molecular weight is 554 g/mol. The molecule has 1 unspecified atom stereocenters. The van der Waals surface area contributed by atoms with E-state index in [9.17, 15) is 41.4 Å². The van der Waals surface area contributed by atoms with Crippen LogP contribution in [0.5, 0.6) is 0 Å². The van der Waals surface area contributed by atoms with E-state index in [0.717, 1.165) is 48.2 Å². The smallest absolute Gasteiger partial charge is 0.416 e. The third-order valence-electron chi connectivity index (χ3n) is 4.93. The van der Waals surface area contributed by atoms with Gasteiger partial charge in [-0.05, 0) is 60.7 Å². The lowest BCUT2D eigenvalue weighted by Gasteiger charge is -2.13. The zero-order chi connectivity index (χ0) is 27.9. The second-order valence-electron chi connectivity index (χ2n) is 7.65. The minimum absolute atomic E-state index is 0.0690. The van der Waals surface area contributed by atoms with Crippen molar-refractivity contribution in [1.29, 1.82) is 0 Å². The first-order chi connectivity index (χ1) is 17.9. The number of hydrogen-bond donors (Lipinski definition) is 3. The predicted octanol–water partition coefficient (Wildman–Crippen LogP) is 6.42. The topological polar surface area (TPSA) is 105 Å². The summed E-state index contributed by atoms with van der Waals surface area (Å²) in [6.07, 6.45) is -5.56. The molecule has 3 rings (SSSR count). The molecule has 0 radical (unpaired) electrons. The molecule has 200 valence electrons. The summed E-state index contributed by atoms with van der Waals surface area (Å²) in [6.45, 7) is -0.288. The molecule has 0 fully saturated rings. The van der Waals surface area contributed by atoms with Crippen molar-refractivity contribution < 1.29 is 46.2 Å². The third-order valence-corrected chi connectivity index (χ3v) is 6.20. The zero-order valence-corrected chi connectivity index (χ0v) is 20.0. The molecular formula is C25H19F5N2O5S. The Kier molecular flexibility index (Phi) is 9.29. The van der Waals surface area contributed by atoms with Gasteiger partial charge in [0.05, 0.1) is 17.7 Å². The van der Waals surface area contributed by atoms with Crippen LogP contribution in [0.2, 0.25) is 0 Å². The number of carbonyl (C=O) groups is 3. The van der Waals surface area contributed by atoms with Crippen molar-refractivity contribution in [3.63, 3.8) is 0 Å². The molecule has 0 aliphatic rings. The molecule has 0 aliphatic heterocycles. The molecule has 2 amide bonds. The number of aliphatic carboxylic acids is 1. The van der Waals surface area contributed by atoms with Crippen molar-refractivity contribution in [3.8, 4) is 0 Å². The van der Waals surface area contributed by atoms with Crippen LogP contribution in [0.1, 0.15) is 22.3 Å². The van der Waals surface area contributed by atoms with Gasteiger partial charge in [-0.1, -0.05) is 6.07 Å². The maximum absolute atomic E-state index is 13.8. The van der Waals surface area contributed by atoms with Gasteiger partial charge in [-0.3, -0.25) is 14.9 Å². The number of carbonyl (C=O) groups excluding carboxylic acids is 2. The molecule has 13 heteroatoms. The summed E-state index contributed by atoms with van der Waals surface area (Å²) in [6, 6.07) is 12.8. The van der Waals surface area contributed by atoms with Crippen molar-refractivity contribution in [2.75, 3.05) is 17.2 Å². The van der Waals surface area contributed by atoms with E-state index < -0.39 is 52.2 Å². The number of rotatable bonds is 9. The number of alkyl halides is 3. The average Bonchev–Trinajstić information content (AvgIpc) is 2.85. The van der Waals surface area contributed by atoms with Crippen LogP contribution in [0, 0.1) is 11.6 Å². The van der Waals surface area contributed by atoms with E-state index in [4.69, 9.17) is 4.74 Å². The summed E-state index contributed by atoms with van der Waals surface area (Å²) in [4.78, 5) is 36.2. The lowest BCUT2D eigenvalue weighted by molar-refractivity contribution is -0.138. The fraction of sp³-hybridized carbons (Fsp3) is 0.160. The summed E-state index contributed by atoms with van der Waals surface area (Å²) in [7, 11) is 0. The third kappa shape index (κ3) is 7.93. The van der Waals surface area contributed by atoms with Crippen molar-refractivity contribution in [3.05, 3.63) is 89.5 Å². The largest absolute Gasteiger partial charge is 0.480 e. The highest BCUT2D eigenvalue weighted by Gasteiger charge is 2.30. The van der Waals surface area contributed by atoms with Gasteiger partial charge in [-0.15, -0.1) is 11.8 Å². The number of carboxylic acid groups (broad SMARTS) is 1. The highest BCUT2D eigenvalue weighted by Crippen LogP contribution is 2.30. The normalized spacial score (nSPS) is 11.9. The minimum atomic E-state index is -4.51. The Labute approximate surface area is 217 Å². The molecule has 38 heavy (non-hydrogen) atoms. The van der Waals surface area contributed by atoms with Gasteiger partial charge in [0.25, 0.3) is 5.91 Å². The molecule has 1 atom stereocenters. The Morgan fingerprint density at radius 3 is 2.11 bits per heavy atom. The molecule has 3 N–H and O–H groups in total. The lowest BCUT2D eigenvalue weighted by atomic mass is 10.2. The first kappa shape index (κ1) is 28.4. The Bertz CT molecular complexity index is 1300. The SMILES string of the molecule is O=C(Nc1ccc(C(F)(F)F)cc1)OCCC(Sc1ccc(NC(=O)c2cccc(F)c2F)cc1)C(=O)O. The van der Waals surface area contributed by atoms with Crippen LogP contribution < -0.4 is 10.6 Å². The summed E-state index contributed by atoms with van der Waals surface area (Å²) in [5.74, 6) is -4.49. The van der Waals surface area contributed by atoms with E-state index in [1.807, 2.05) is 0 Å². The van der Waals surface area contributed by atoms with E-state index >= 15 is 0 Å². The van der Waals surface area contributed by atoms with E-state index in [0.29, 0.717) is 4.90 Å². The molecule has 0 spiro atoms. The number of hydrogen-bond acceptors (Lipinski definition) is 5. The fourth-order valence-electron chi connectivity index (χ4n) is 3.05. The molecule has 3 aromatic carbocycles. The van der Waals surface area contributed by atoms with E-state index in [-0.39, 0.29) is 24.4 Å². The highest BCUT2D eigenvalue weighted by atomic mass is 32.2. The zero-order valence-electron chi connectivity index (χ0n) is 19.2. The number of halogens is 5. The number of nitrogens with one attached hydrogen (secondary N) is 2. The van der Waals surface area contributed by atoms with Crippen LogP contribution in [0.3, 0.4) is 0 Å². The Balaban J connectivity index is 1.49. The van der Waals surface area contributed by atoms with Crippen molar-refractivity contribution in [2.45, 2.75) is 22.7 Å². The molecule has 7 nitrogen and oxygen atoms in total. The van der Waals surface area contributed by atoms with E-state index in [2.05, 4.69) is 10.6 Å². The van der Waals surface area contributed by atoms with Crippen LogP contribution in [0.25, 0.3) is 0 Å². The summed E-state index contributed by atoms with van der Waals surface area (Å²) < 4.78 is 69.9. The van der Waals surface area contributed by atoms with Crippen LogP contribution in [0.4, 0.5) is 38.1 Å². The summed E-state index contributed by atoms with van der Waals surface area (Å²) >= 11 is 0.945. The maximum Gasteiger partial charge on any atom is 0.416 e. The van der Waals surface area contributed by atoms with Gasteiger partial charge in [0.15, 0.2) is 11.6 Å². The number of thioether (sulfide) groups is 1. The number of ether oxygens (including phenoxy) is 1. The Morgan fingerprint density at radius 1 is 0.895 bits per heavy atom. The first-order valence-corrected chi connectivity index (χ1v) is 11.7. The van der Waals surface area contributed by atoms with Crippen molar-refractivity contribution in [2.24, 2.45) is 0 Å². The van der Waals surface area contributed by atoms with Gasteiger partial charge in [0.1, 0.15) is 5.25 Å². The maximum atomic E-state index is 13.8. The molecule has 0 aromatic heterocycles. The standard InChI is InChI=1S/C25H19F5N2O5S/c26-19-3-1-2-18(21(19)27)22(33)31-15-8-10-17(11-9-15)38-20(23(34)35)12-13-37-24(36)32-16-6-4-14(5-7-16)25(28,29)30/h1-11,20H,12-13H2,(H,31,33)(H,32,36)(H,34,35). The molecular weight excluding hydrogens is 535 g/mol. The number of anilines is 2. The predicted molar refractivity (Wildman–Crippen MR) is 129 cm³/mol. The molecule has 0 bridgehead atoms. The van der Waals surface area contributed by atoms with Gasteiger partial charge in [0.2, 0.25) is 0 Å². The fourth-order valence-corrected chi connectivity index (χ4v) is 3.98. The molecule has 3 aromatic rings. The van der Waals surface area contributed by atoms with Gasteiger partial charge in [-0.25, -0.2) is 13.6 Å². The summed E-state index contributed by atoms with van der Waals surface area (Å²) in [5, 5.41) is 13.1. The molecule has 0 saturated heterocycles. The van der Waals surface area contributed by atoms with Gasteiger partial charge >= 0.3 is 18.2 Å². The Hall–Kier alpha value is -4.13. The van der Waals surface area contributed by atoms with E-state index in [1.54, 1.807) is 0 Å². The molecule has 0 aliphatic carbocycles. The van der Waals surface area contributed by atoms with Crippen LogP contribution in [-0.4, -0.2) is 34.9 Å². The van der Waals surface area contributed by atoms with Crippen molar-refractivity contribution >= 4 is 41.1 Å². The Morgan fingerprint density at radius 2 is 1.50 bits per heavy atom. The monoisotopic (exact) mass is 554 g/mol. The second-order valence-corrected chi connectivity index (χ2v) is 8.93. The number of carboxylic acids is 1. The quantitative estimate of drug-likeness (QED) is 0.208. The molecule has 0 heterocycles. The van der Waals surface area contributed by atoms with Gasteiger partial charge in [0, 0.05) is 22.7 Å².